The summed E-state index contributed by atoms with van der Waals surface area (Å²) in [5, 5.41) is 10.8. The van der Waals surface area contributed by atoms with Crippen LogP contribution in [0, 0.1) is 5.82 Å². The molecule has 0 fully saturated rings. The van der Waals surface area contributed by atoms with E-state index in [1.165, 1.54) is 23.5 Å². The average molecular weight is 323 g/mol. The number of pyridine rings is 1. The Kier molecular flexibility index (Phi) is 3.39. The molecule has 3 aromatic heterocycles. The Hall–Kier alpha value is -2.93. The molecule has 0 unspecified atom stereocenters. The van der Waals surface area contributed by atoms with Crippen molar-refractivity contribution in [3.63, 3.8) is 0 Å². The summed E-state index contributed by atoms with van der Waals surface area (Å²) < 4.78 is 14.6. The zero-order valence-corrected chi connectivity index (χ0v) is 12.6. The smallest absolute Gasteiger partial charge is 0.212 e. The lowest BCUT2D eigenvalue weighted by molar-refractivity contribution is 0.628. The fourth-order valence-corrected chi connectivity index (χ4v) is 2.87. The van der Waals surface area contributed by atoms with Crippen molar-refractivity contribution >= 4 is 11.3 Å². The van der Waals surface area contributed by atoms with Crippen LogP contribution in [0.4, 0.5) is 4.39 Å². The fourth-order valence-electron chi connectivity index (χ4n) is 2.11. The minimum atomic E-state index is -0.263. The van der Waals surface area contributed by atoms with Crippen molar-refractivity contribution < 1.29 is 4.39 Å². The summed E-state index contributed by atoms with van der Waals surface area (Å²) in [6.07, 6.45) is 3.50. The van der Waals surface area contributed by atoms with E-state index >= 15 is 0 Å². The molecule has 0 aliphatic heterocycles. The molecule has 0 saturated heterocycles. The number of benzene rings is 1. The molecule has 112 valence electrons. The Morgan fingerprint density at radius 3 is 2.61 bits per heavy atom. The summed E-state index contributed by atoms with van der Waals surface area (Å²) in [6, 6.07) is 11.9. The maximum absolute atomic E-state index is 13.0. The number of hydrogen-bond acceptors (Lipinski definition) is 5. The van der Waals surface area contributed by atoms with Crippen LogP contribution < -0.4 is 0 Å². The largest absolute Gasteiger partial charge is 0.254 e. The molecule has 0 atom stereocenters. The van der Waals surface area contributed by atoms with Crippen LogP contribution in [0.2, 0.25) is 0 Å². The van der Waals surface area contributed by atoms with E-state index in [4.69, 9.17) is 0 Å². The molecule has 5 nitrogen and oxygen atoms in total. The molecule has 4 aromatic rings. The number of aromatic nitrogens is 5. The molecule has 3 heterocycles. The molecule has 0 aliphatic carbocycles. The number of rotatable bonds is 3. The van der Waals surface area contributed by atoms with Gasteiger partial charge in [-0.25, -0.2) is 9.37 Å². The van der Waals surface area contributed by atoms with E-state index in [1.54, 1.807) is 29.2 Å². The second-order valence-electron chi connectivity index (χ2n) is 4.79. The molecule has 0 bridgehead atoms. The first-order valence-electron chi connectivity index (χ1n) is 6.85. The molecule has 0 aliphatic rings. The van der Waals surface area contributed by atoms with Crippen LogP contribution in [0.15, 0.2) is 60.2 Å². The highest BCUT2D eigenvalue weighted by atomic mass is 32.1. The fraction of sp³-hybridized carbons (Fsp3) is 0. The highest BCUT2D eigenvalue weighted by molar-refractivity contribution is 7.12. The second-order valence-corrected chi connectivity index (χ2v) is 5.62. The predicted molar refractivity (Wildman–Crippen MR) is 85.7 cm³/mol. The van der Waals surface area contributed by atoms with Gasteiger partial charge in [0.1, 0.15) is 11.5 Å². The molecule has 4 rings (SSSR count). The summed E-state index contributed by atoms with van der Waals surface area (Å²) in [5.41, 5.74) is 3.08. The third-order valence-electron chi connectivity index (χ3n) is 3.25. The Morgan fingerprint density at radius 2 is 1.83 bits per heavy atom. The number of hydrogen-bond donors (Lipinski definition) is 0. The molecular weight excluding hydrogens is 313 g/mol. The van der Waals surface area contributed by atoms with Gasteiger partial charge in [-0.05, 0) is 36.4 Å². The third-order valence-corrected chi connectivity index (χ3v) is 4.08. The number of thiazole rings is 1. The average Bonchev–Trinajstić information content (AvgIpc) is 3.26. The molecule has 0 radical (unpaired) electrons. The topological polar surface area (TPSA) is 56.5 Å². The quantitative estimate of drug-likeness (QED) is 0.578. The van der Waals surface area contributed by atoms with Crippen LogP contribution >= 0.6 is 11.3 Å². The van der Waals surface area contributed by atoms with E-state index < -0.39 is 0 Å². The summed E-state index contributed by atoms with van der Waals surface area (Å²) in [7, 11) is 0. The summed E-state index contributed by atoms with van der Waals surface area (Å²) in [4.78, 5) is 8.77. The van der Waals surface area contributed by atoms with Gasteiger partial charge in [-0.1, -0.05) is 11.3 Å². The van der Waals surface area contributed by atoms with Crippen LogP contribution in [0.3, 0.4) is 0 Å². The predicted octanol–water partition coefficient (Wildman–Crippen LogP) is 3.59. The van der Waals surface area contributed by atoms with Crippen LogP contribution in [-0.2, 0) is 0 Å². The first-order valence-corrected chi connectivity index (χ1v) is 7.73. The number of nitrogens with zero attached hydrogens (tertiary/aromatic N) is 5. The van der Waals surface area contributed by atoms with Crippen molar-refractivity contribution in [2.24, 2.45) is 0 Å². The van der Waals surface area contributed by atoms with Crippen molar-refractivity contribution in [2.75, 3.05) is 0 Å². The second kappa shape index (κ2) is 5.69. The minimum Gasteiger partial charge on any atom is -0.254 e. The lowest BCUT2D eigenvalue weighted by atomic mass is 10.2. The molecule has 0 amide bonds. The van der Waals surface area contributed by atoms with Crippen molar-refractivity contribution in [3.8, 4) is 27.8 Å². The molecule has 7 heteroatoms. The third kappa shape index (κ3) is 2.74. The Morgan fingerprint density at radius 1 is 0.957 bits per heavy atom. The zero-order valence-electron chi connectivity index (χ0n) is 11.8. The molecule has 1 aromatic carbocycles. The van der Waals surface area contributed by atoms with Crippen molar-refractivity contribution in [2.45, 2.75) is 0 Å². The van der Waals surface area contributed by atoms with Gasteiger partial charge >= 0.3 is 0 Å². The minimum absolute atomic E-state index is 0.263. The van der Waals surface area contributed by atoms with Gasteiger partial charge in [0.25, 0.3) is 0 Å². The van der Waals surface area contributed by atoms with E-state index in [0.29, 0.717) is 10.8 Å². The van der Waals surface area contributed by atoms with Gasteiger partial charge in [-0.15, -0.1) is 16.4 Å². The normalized spacial score (nSPS) is 10.8. The molecule has 0 spiro atoms. The van der Waals surface area contributed by atoms with E-state index in [1.807, 2.05) is 23.6 Å². The summed E-state index contributed by atoms with van der Waals surface area (Å²) in [6.45, 7) is 0. The summed E-state index contributed by atoms with van der Waals surface area (Å²) >= 11 is 1.45. The Labute approximate surface area is 135 Å². The van der Waals surface area contributed by atoms with Gasteiger partial charge < -0.3 is 0 Å². The van der Waals surface area contributed by atoms with E-state index in [0.717, 1.165) is 17.0 Å². The van der Waals surface area contributed by atoms with E-state index in [-0.39, 0.29) is 5.82 Å². The Balaban J connectivity index is 1.65. The SMILES string of the molecule is Fc1ccc(-c2csc(-n3cc(-c4ccccn4)nn3)n2)cc1. The van der Waals surface area contributed by atoms with Crippen molar-refractivity contribution in [3.05, 3.63) is 66.1 Å². The van der Waals surface area contributed by atoms with Crippen LogP contribution in [0.25, 0.3) is 27.8 Å². The van der Waals surface area contributed by atoms with Gasteiger partial charge in [0.2, 0.25) is 5.13 Å². The van der Waals surface area contributed by atoms with Gasteiger partial charge in [0.05, 0.1) is 17.6 Å². The molecule has 0 saturated carbocycles. The lowest BCUT2D eigenvalue weighted by Gasteiger charge is -1.96. The summed E-state index contributed by atoms with van der Waals surface area (Å²) in [5.74, 6) is -0.263. The molecule has 23 heavy (non-hydrogen) atoms. The molecular formula is C16H10FN5S. The van der Waals surface area contributed by atoms with Gasteiger partial charge in [0.15, 0.2) is 0 Å². The highest BCUT2D eigenvalue weighted by Crippen LogP contribution is 2.24. The Bertz CT molecular complexity index is 931. The van der Waals surface area contributed by atoms with E-state index in [2.05, 4.69) is 20.3 Å². The monoisotopic (exact) mass is 323 g/mol. The van der Waals surface area contributed by atoms with E-state index in [9.17, 15) is 4.39 Å². The van der Waals surface area contributed by atoms with Crippen molar-refractivity contribution in [1.82, 2.24) is 25.0 Å². The van der Waals surface area contributed by atoms with Crippen molar-refractivity contribution in [1.29, 1.82) is 0 Å². The zero-order chi connectivity index (χ0) is 15.6. The highest BCUT2D eigenvalue weighted by Gasteiger charge is 2.10. The standard InChI is InChI=1S/C16H10FN5S/c17-12-6-4-11(5-7-12)15-10-23-16(19-15)22-9-14(20-21-22)13-3-1-2-8-18-13/h1-10H. The first-order chi connectivity index (χ1) is 11.3. The van der Waals surface area contributed by atoms with Gasteiger partial charge in [-0.3, -0.25) is 4.98 Å². The first kappa shape index (κ1) is 13.7. The maximum atomic E-state index is 13.0. The van der Waals surface area contributed by atoms with Crippen LogP contribution in [-0.4, -0.2) is 25.0 Å². The number of halogens is 1. The maximum Gasteiger partial charge on any atom is 0.212 e. The van der Waals surface area contributed by atoms with Crippen LogP contribution in [0.5, 0.6) is 0 Å². The van der Waals surface area contributed by atoms with Crippen LogP contribution in [0.1, 0.15) is 0 Å². The molecule has 0 N–H and O–H groups in total. The van der Waals surface area contributed by atoms with Gasteiger partial charge in [-0.2, -0.15) is 4.68 Å². The lowest BCUT2D eigenvalue weighted by Crippen LogP contribution is -1.93. The van der Waals surface area contributed by atoms with Gasteiger partial charge in [0, 0.05) is 17.1 Å².